The zero-order chi connectivity index (χ0) is 16.8. The first-order valence-electron chi connectivity index (χ1n) is 7.93. The Kier molecular flexibility index (Phi) is 4.96. The normalized spacial score (nSPS) is 16.2. The Balaban J connectivity index is 1.61. The maximum atomic E-state index is 12.5. The Labute approximate surface area is 141 Å². The van der Waals surface area contributed by atoms with Crippen molar-refractivity contribution >= 4 is 24.0 Å². The van der Waals surface area contributed by atoms with Crippen molar-refractivity contribution in [1.29, 1.82) is 0 Å². The number of carbonyl (C=O) groups is 1. The number of amidine groups is 1. The summed E-state index contributed by atoms with van der Waals surface area (Å²) in [6, 6.07) is 19.7. The van der Waals surface area contributed by atoms with Crippen LogP contribution in [0.5, 0.6) is 0 Å². The second-order valence-corrected chi connectivity index (χ2v) is 5.50. The maximum absolute atomic E-state index is 12.5. The van der Waals surface area contributed by atoms with E-state index in [-0.39, 0.29) is 5.91 Å². The largest absolute Gasteiger partial charge is 0.293 e. The number of rotatable bonds is 5. The fourth-order valence-corrected chi connectivity index (χ4v) is 2.50. The molecule has 1 heterocycles. The quantitative estimate of drug-likeness (QED) is 0.616. The Bertz CT molecular complexity index is 792. The molecule has 0 saturated heterocycles. The van der Waals surface area contributed by atoms with Gasteiger partial charge in [0.1, 0.15) is 11.5 Å². The van der Waals surface area contributed by atoms with Crippen LogP contribution in [0.15, 0.2) is 76.3 Å². The van der Waals surface area contributed by atoms with Crippen molar-refractivity contribution in [3.8, 4) is 0 Å². The van der Waals surface area contributed by atoms with Crippen LogP contribution in [-0.2, 0) is 4.79 Å². The van der Waals surface area contributed by atoms with E-state index in [4.69, 9.17) is 0 Å². The van der Waals surface area contributed by atoms with Gasteiger partial charge in [0.25, 0.3) is 5.91 Å². The molecule has 120 valence electrons. The molecular formula is C20H19N3O. The molecule has 3 rings (SSSR count). The third kappa shape index (κ3) is 3.84. The lowest BCUT2D eigenvalue weighted by molar-refractivity contribution is -0.122. The summed E-state index contributed by atoms with van der Waals surface area (Å²) in [4.78, 5) is 22.9. The van der Waals surface area contributed by atoms with Gasteiger partial charge in [-0.1, -0.05) is 60.7 Å². The summed E-state index contributed by atoms with van der Waals surface area (Å²) in [6.07, 6.45) is 3.65. The molecule has 1 amide bonds. The molecule has 0 fully saturated rings. The minimum absolute atomic E-state index is 0.0636. The number of benzene rings is 2. The van der Waals surface area contributed by atoms with Gasteiger partial charge in [0.2, 0.25) is 0 Å². The van der Waals surface area contributed by atoms with E-state index < -0.39 is 0 Å². The number of nitrogens with zero attached hydrogens (tertiary/aromatic N) is 3. The summed E-state index contributed by atoms with van der Waals surface area (Å²) in [5.41, 5.74) is 2.51. The fraction of sp³-hybridized carbons (Fsp3) is 0.150. The highest BCUT2D eigenvalue weighted by molar-refractivity contribution is 6.13. The van der Waals surface area contributed by atoms with Gasteiger partial charge in [0.05, 0.1) is 6.54 Å². The fourth-order valence-electron chi connectivity index (χ4n) is 2.50. The molecule has 2 aromatic carbocycles. The third-order valence-corrected chi connectivity index (χ3v) is 3.73. The van der Waals surface area contributed by atoms with Gasteiger partial charge in [0.15, 0.2) is 0 Å². The third-order valence-electron chi connectivity index (χ3n) is 3.73. The number of carbonyl (C=O) groups excluding carboxylic acids is 1. The van der Waals surface area contributed by atoms with E-state index in [1.54, 1.807) is 4.90 Å². The number of hydrogen-bond donors (Lipinski definition) is 0. The van der Waals surface area contributed by atoms with E-state index in [1.807, 2.05) is 79.9 Å². The lowest BCUT2D eigenvalue weighted by Gasteiger charge is -2.13. The standard InChI is InChI=1S/C20H19N3O/c1-16-22-19(14-17-8-4-2-5-9-17)20(24)23(16)13-12-21-15-18-10-6-3-7-11-18/h2-11,14-15H,12-13H2,1H3/b19-14-,21-15?. The molecule has 24 heavy (non-hydrogen) atoms. The summed E-state index contributed by atoms with van der Waals surface area (Å²) in [6.45, 7) is 2.93. The lowest BCUT2D eigenvalue weighted by atomic mass is 10.2. The van der Waals surface area contributed by atoms with Crippen molar-refractivity contribution in [2.75, 3.05) is 13.1 Å². The molecule has 0 spiro atoms. The summed E-state index contributed by atoms with van der Waals surface area (Å²) in [5, 5.41) is 0. The van der Waals surface area contributed by atoms with E-state index in [0.717, 1.165) is 17.0 Å². The van der Waals surface area contributed by atoms with Gasteiger partial charge >= 0.3 is 0 Å². The minimum atomic E-state index is -0.0636. The highest BCUT2D eigenvalue weighted by Gasteiger charge is 2.26. The van der Waals surface area contributed by atoms with Crippen molar-refractivity contribution in [2.24, 2.45) is 9.98 Å². The maximum Gasteiger partial charge on any atom is 0.277 e. The second kappa shape index (κ2) is 7.51. The van der Waals surface area contributed by atoms with E-state index in [2.05, 4.69) is 9.98 Å². The molecule has 0 aromatic heterocycles. The summed E-state index contributed by atoms with van der Waals surface area (Å²) in [7, 11) is 0. The first-order chi connectivity index (χ1) is 11.7. The Hall–Kier alpha value is -3.01. The number of aliphatic imine (C=N–C) groups is 2. The Morgan fingerprint density at radius 3 is 2.29 bits per heavy atom. The molecule has 1 aliphatic heterocycles. The zero-order valence-corrected chi connectivity index (χ0v) is 13.6. The molecule has 1 aliphatic rings. The second-order valence-electron chi connectivity index (χ2n) is 5.50. The van der Waals surface area contributed by atoms with Crippen LogP contribution in [-0.4, -0.2) is 35.9 Å². The van der Waals surface area contributed by atoms with Gasteiger partial charge in [-0.05, 0) is 24.1 Å². The van der Waals surface area contributed by atoms with Crippen molar-refractivity contribution in [3.05, 3.63) is 77.5 Å². The monoisotopic (exact) mass is 317 g/mol. The molecule has 0 bridgehead atoms. The van der Waals surface area contributed by atoms with Crippen molar-refractivity contribution < 1.29 is 4.79 Å². The number of hydrogen-bond acceptors (Lipinski definition) is 3. The molecule has 0 atom stereocenters. The van der Waals surface area contributed by atoms with Gasteiger partial charge in [-0.25, -0.2) is 4.99 Å². The van der Waals surface area contributed by atoms with Gasteiger partial charge in [-0.3, -0.25) is 14.7 Å². The zero-order valence-electron chi connectivity index (χ0n) is 13.6. The predicted molar refractivity (Wildman–Crippen MR) is 98.1 cm³/mol. The van der Waals surface area contributed by atoms with Crippen LogP contribution in [0.1, 0.15) is 18.1 Å². The Morgan fingerprint density at radius 1 is 1.00 bits per heavy atom. The van der Waals surface area contributed by atoms with E-state index in [1.165, 1.54) is 0 Å². The van der Waals surface area contributed by atoms with Gasteiger partial charge in [0, 0.05) is 12.8 Å². The Morgan fingerprint density at radius 2 is 1.62 bits per heavy atom. The van der Waals surface area contributed by atoms with Crippen LogP contribution >= 0.6 is 0 Å². The van der Waals surface area contributed by atoms with Crippen LogP contribution in [0, 0.1) is 0 Å². The van der Waals surface area contributed by atoms with Crippen molar-refractivity contribution in [1.82, 2.24) is 4.90 Å². The molecule has 0 unspecified atom stereocenters. The SMILES string of the molecule is CC1=N/C(=C\c2ccccc2)C(=O)N1CCN=Cc1ccccc1. The van der Waals surface area contributed by atoms with Crippen LogP contribution in [0.25, 0.3) is 6.08 Å². The highest BCUT2D eigenvalue weighted by Crippen LogP contribution is 2.17. The topological polar surface area (TPSA) is 45.0 Å². The summed E-state index contributed by atoms with van der Waals surface area (Å²) in [5.74, 6) is 0.656. The van der Waals surface area contributed by atoms with Crippen LogP contribution < -0.4 is 0 Å². The van der Waals surface area contributed by atoms with Crippen LogP contribution in [0.4, 0.5) is 0 Å². The van der Waals surface area contributed by atoms with Gasteiger partial charge in [-0.15, -0.1) is 0 Å². The van der Waals surface area contributed by atoms with Crippen molar-refractivity contribution in [2.45, 2.75) is 6.92 Å². The van der Waals surface area contributed by atoms with Crippen LogP contribution in [0.2, 0.25) is 0 Å². The first-order valence-corrected chi connectivity index (χ1v) is 7.93. The van der Waals surface area contributed by atoms with Gasteiger partial charge < -0.3 is 0 Å². The molecular weight excluding hydrogens is 298 g/mol. The summed E-state index contributed by atoms with van der Waals surface area (Å²) >= 11 is 0. The predicted octanol–water partition coefficient (Wildman–Crippen LogP) is 3.41. The molecule has 4 heteroatoms. The molecule has 0 aliphatic carbocycles. The average Bonchev–Trinajstić information content (AvgIpc) is 2.87. The molecule has 2 aromatic rings. The first kappa shape index (κ1) is 15.9. The lowest BCUT2D eigenvalue weighted by Crippen LogP contribution is -2.32. The van der Waals surface area contributed by atoms with Gasteiger partial charge in [-0.2, -0.15) is 0 Å². The number of amides is 1. The average molecular weight is 317 g/mol. The van der Waals surface area contributed by atoms with Crippen LogP contribution in [0.3, 0.4) is 0 Å². The van der Waals surface area contributed by atoms with E-state index in [0.29, 0.717) is 18.8 Å². The molecule has 0 radical (unpaired) electrons. The molecule has 0 saturated carbocycles. The summed E-state index contributed by atoms with van der Waals surface area (Å²) < 4.78 is 0. The smallest absolute Gasteiger partial charge is 0.277 e. The minimum Gasteiger partial charge on any atom is -0.293 e. The molecule has 4 nitrogen and oxygen atoms in total. The van der Waals surface area contributed by atoms with E-state index >= 15 is 0 Å². The van der Waals surface area contributed by atoms with E-state index in [9.17, 15) is 4.79 Å². The highest BCUT2D eigenvalue weighted by atomic mass is 16.2. The van der Waals surface area contributed by atoms with Crippen molar-refractivity contribution in [3.63, 3.8) is 0 Å². The molecule has 0 N–H and O–H groups in total.